The van der Waals surface area contributed by atoms with Crippen molar-refractivity contribution in [3.8, 4) is 17.0 Å². The second-order valence-corrected chi connectivity index (χ2v) is 7.55. The summed E-state index contributed by atoms with van der Waals surface area (Å²) in [5.41, 5.74) is -0.173. The first-order valence-electron chi connectivity index (χ1n) is 9.37. The Kier molecular flexibility index (Phi) is 5.79. The molecule has 0 fully saturated rings. The molecular weight excluding hydrogens is 441 g/mol. The molecule has 164 valence electrons. The molecule has 0 aliphatic rings. The van der Waals surface area contributed by atoms with Gasteiger partial charge in [-0.15, -0.1) is 11.8 Å². The monoisotopic (exact) mass is 458 g/mol. The Bertz CT molecular complexity index is 1290. The highest BCUT2D eigenvalue weighted by atomic mass is 32.2. The van der Waals surface area contributed by atoms with Gasteiger partial charge in [0.2, 0.25) is 0 Å². The zero-order chi connectivity index (χ0) is 22.9. The van der Waals surface area contributed by atoms with Gasteiger partial charge in [0.05, 0.1) is 18.5 Å². The number of carbonyl (C=O) groups excluding carboxylic acids is 1. The first kappa shape index (κ1) is 21.7. The van der Waals surface area contributed by atoms with E-state index in [9.17, 15) is 18.0 Å². The maximum atomic E-state index is 13.8. The Morgan fingerprint density at radius 3 is 2.47 bits per heavy atom. The highest BCUT2D eigenvalue weighted by molar-refractivity contribution is 7.98. The number of rotatable bonds is 5. The minimum absolute atomic E-state index is 0.0889. The number of nitrogens with one attached hydrogen (secondary N) is 1. The molecule has 0 unspecified atom stereocenters. The molecular formula is C22H17F3N4O2S. The fourth-order valence-electron chi connectivity index (χ4n) is 3.13. The van der Waals surface area contributed by atoms with Crippen LogP contribution in [0.15, 0.2) is 65.6 Å². The highest BCUT2D eigenvalue weighted by Gasteiger charge is 2.35. The highest BCUT2D eigenvalue weighted by Crippen LogP contribution is 2.33. The zero-order valence-corrected chi connectivity index (χ0v) is 17.8. The van der Waals surface area contributed by atoms with Crippen LogP contribution in [0.4, 0.5) is 18.9 Å². The van der Waals surface area contributed by atoms with Crippen molar-refractivity contribution in [3.05, 3.63) is 72.1 Å². The molecule has 4 rings (SSSR count). The maximum Gasteiger partial charge on any atom is 0.433 e. The van der Waals surface area contributed by atoms with Gasteiger partial charge in [-0.25, -0.2) is 9.50 Å². The molecule has 0 aliphatic carbocycles. The van der Waals surface area contributed by atoms with Crippen LogP contribution in [0.3, 0.4) is 0 Å². The number of alkyl halides is 3. The fraction of sp³-hybridized carbons (Fsp3) is 0.136. The summed E-state index contributed by atoms with van der Waals surface area (Å²) >= 11 is 1.44. The van der Waals surface area contributed by atoms with Gasteiger partial charge in [0.1, 0.15) is 5.75 Å². The maximum absolute atomic E-state index is 13.8. The number of ether oxygens (including phenoxy) is 1. The van der Waals surface area contributed by atoms with E-state index in [1.165, 1.54) is 24.9 Å². The van der Waals surface area contributed by atoms with Crippen molar-refractivity contribution in [1.82, 2.24) is 14.6 Å². The van der Waals surface area contributed by atoms with Gasteiger partial charge in [-0.05, 0) is 48.7 Å². The van der Waals surface area contributed by atoms with E-state index in [0.717, 1.165) is 11.0 Å². The van der Waals surface area contributed by atoms with Crippen LogP contribution in [-0.2, 0) is 6.18 Å². The molecule has 0 bridgehead atoms. The van der Waals surface area contributed by atoms with Crippen molar-refractivity contribution in [2.75, 3.05) is 18.7 Å². The largest absolute Gasteiger partial charge is 0.497 e. The number of halogens is 3. The minimum atomic E-state index is -4.70. The summed E-state index contributed by atoms with van der Waals surface area (Å²) < 4.78 is 47.1. The average molecular weight is 458 g/mol. The number of methoxy groups -OCH3 is 1. The van der Waals surface area contributed by atoms with Crippen molar-refractivity contribution in [3.63, 3.8) is 0 Å². The molecule has 1 N–H and O–H groups in total. The van der Waals surface area contributed by atoms with Gasteiger partial charge < -0.3 is 10.1 Å². The number of hydrogen-bond acceptors (Lipinski definition) is 5. The summed E-state index contributed by atoms with van der Waals surface area (Å²) in [6, 6.07) is 15.7. The smallest absolute Gasteiger partial charge is 0.433 e. The van der Waals surface area contributed by atoms with Crippen molar-refractivity contribution in [2.24, 2.45) is 0 Å². The van der Waals surface area contributed by atoms with Gasteiger partial charge >= 0.3 is 6.18 Å². The second kappa shape index (κ2) is 8.54. The van der Waals surface area contributed by atoms with Gasteiger partial charge in [-0.2, -0.15) is 18.3 Å². The van der Waals surface area contributed by atoms with Crippen LogP contribution in [0.1, 0.15) is 16.2 Å². The molecule has 0 saturated carbocycles. The summed E-state index contributed by atoms with van der Waals surface area (Å²) in [5, 5.41) is 6.59. The molecule has 0 spiro atoms. The molecule has 1 amide bonds. The van der Waals surface area contributed by atoms with E-state index in [2.05, 4.69) is 15.4 Å². The molecule has 6 nitrogen and oxygen atoms in total. The van der Waals surface area contributed by atoms with E-state index < -0.39 is 17.8 Å². The first-order chi connectivity index (χ1) is 15.3. The third-order valence-corrected chi connectivity index (χ3v) is 5.49. The SMILES string of the molecule is COc1ccc(-c2cc(C(F)(F)F)n3nc(C(=O)Nc4ccccc4SC)cc3n2)cc1. The molecule has 0 radical (unpaired) electrons. The number of aromatic nitrogens is 3. The van der Waals surface area contributed by atoms with Crippen molar-refractivity contribution in [1.29, 1.82) is 0 Å². The van der Waals surface area contributed by atoms with Gasteiger partial charge in [0.15, 0.2) is 17.0 Å². The van der Waals surface area contributed by atoms with Crippen LogP contribution in [0, 0.1) is 0 Å². The van der Waals surface area contributed by atoms with Crippen molar-refractivity contribution >= 4 is 29.0 Å². The Morgan fingerprint density at radius 1 is 1.09 bits per heavy atom. The molecule has 0 atom stereocenters. The summed E-state index contributed by atoms with van der Waals surface area (Å²) in [5.74, 6) is -0.0594. The van der Waals surface area contributed by atoms with E-state index in [4.69, 9.17) is 4.74 Å². The summed E-state index contributed by atoms with van der Waals surface area (Å²) in [7, 11) is 1.50. The third kappa shape index (κ3) is 4.26. The van der Waals surface area contributed by atoms with E-state index in [-0.39, 0.29) is 17.0 Å². The van der Waals surface area contributed by atoms with E-state index in [1.54, 1.807) is 36.4 Å². The number of fused-ring (bicyclic) bond motifs is 1. The molecule has 32 heavy (non-hydrogen) atoms. The number of benzene rings is 2. The Labute approximate surface area is 185 Å². The normalized spacial score (nSPS) is 11.5. The third-order valence-electron chi connectivity index (χ3n) is 4.69. The van der Waals surface area contributed by atoms with Crippen LogP contribution in [0.2, 0.25) is 0 Å². The van der Waals surface area contributed by atoms with E-state index in [1.807, 2.05) is 18.4 Å². The summed E-state index contributed by atoms with van der Waals surface area (Å²) in [4.78, 5) is 17.8. The predicted molar refractivity (Wildman–Crippen MR) is 116 cm³/mol. The molecule has 2 aromatic carbocycles. The van der Waals surface area contributed by atoms with Crippen LogP contribution < -0.4 is 10.1 Å². The number of hydrogen-bond donors (Lipinski definition) is 1. The second-order valence-electron chi connectivity index (χ2n) is 6.71. The minimum Gasteiger partial charge on any atom is -0.497 e. The topological polar surface area (TPSA) is 68.5 Å². The number of para-hydroxylation sites is 1. The van der Waals surface area contributed by atoms with Crippen LogP contribution in [0.5, 0.6) is 5.75 Å². The summed E-state index contributed by atoms with van der Waals surface area (Å²) in [6.45, 7) is 0. The first-order valence-corrected chi connectivity index (χ1v) is 10.6. The number of anilines is 1. The molecule has 10 heteroatoms. The molecule has 0 saturated heterocycles. The van der Waals surface area contributed by atoms with Gasteiger partial charge in [0.25, 0.3) is 5.91 Å². The molecule has 4 aromatic rings. The molecule has 2 aromatic heterocycles. The van der Waals surface area contributed by atoms with Crippen LogP contribution >= 0.6 is 11.8 Å². The Hall–Kier alpha value is -3.53. The Balaban J connectivity index is 1.77. The lowest BCUT2D eigenvalue weighted by Crippen LogP contribution is -2.16. The van der Waals surface area contributed by atoms with Gasteiger partial charge in [0, 0.05) is 16.5 Å². The van der Waals surface area contributed by atoms with Crippen molar-refractivity contribution in [2.45, 2.75) is 11.1 Å². The predicted octanol–water partition coefficient (Wildman–Crippen LogP) is 5.40. The number of amides is 1. The van der Waals surface area contributed by atoms with Crippen molar-refractivity contribution < 1.29 is 22.7 Å². The lowest BCUT2D eigenvalue weighted by atomic mass is 10.1. The molecule has 0 aliphatic heterocycles. The fourth-order valence-corrected chi connectivity index (χ4v) is 3.68. The van der Waals surface area contributed by atoms with Gasteiger partial charge in [-0.3, -0.25) is 4.79 Å². The average Bonchev–Trinajstić information content (AvgIpc) is 3.22. The van der Waals surface area contributed by atoms with Crippen LogP contribution in [0.25, 0.3) is 16.9 Å². The lowest BCUT2D eigenvalue weighted by molar-refractivity contribution is -0.142. The Morgan fingerprint density at radius 2 is 1.81 bits per heavy atom. The lowest BCUT2D eigenvalue weighted by Gasteiger charge is -2.11. The van der Waals surface area contributed by atoms with E-state index >= 15 is 0 Å². The number of thioether (sulfide) groups is 1. The van der Waals surface area contributed by atoms with Gasteiger partial charge in [-0.1, -0.05) is 12.1 Å². The quantitative estimate of drug-likeness (QED) is 0.406. The molecule has 2 heterocycles. The standard InChI is InChI=1S/C22H17F3N4O2S/c1-31-14-9-7-13(8-10-14)16-11-19(22(23,24)25)29-20(26-16)12-17(28-29)21(30)27-15-5-3-4-6-18(15)32-2/h3-12H,1-2H3,(H,27,30). The number of carbonyl (C=O) groups is 1. The number of nitrogens with zero attached hydrogens (tertiary/aromatic N) is 3. The summed E-state index contributed by atoms with van der Waals surface area (Å²) in [6.07, 6.45) is -2.84. The van der Waals surface area contributed by atoms with Crippen LogP contribution in [-0.4, -0.2) is 33.9 Å². The van der Waals surface area contributed by atoms with E-state index in [0.29, 0.717) is 21.5 Å². The zero-order valence-electron chi connectivity index (χ0n) is 17.0.